The van der Waals surface area contributed by atoms with Crippen LogP contribution in [0.15, 0.2) is 24.3 Å². The van der Waals surface area contributed by atoms with Crippen molar-refractivity contribution in [1.82, 2.24) is 0 Å². The second-order valence-electron chi connectivity index (χ2n) is 4.94. The highest BCUT2D eigenvalue weighted by Crippen LogP contribution is 2.32. The fourth-order valence-corrected chi connectivity index (χ4v) is 2.35. The lowest BCUT2D eigenvalue weighted by Gasteiger charge is -2.34. The summed E-state index contributed by atoms with van der Waals surface area (Å²) in [5, 5.41) is 8.81. The summed E-state index contributed by atoms with van der Waals surface area (Å²) >= 11 is 0. The molecule has 0 aromatic heterocycles. The minimum Gasteiger partial charge on any atom is -0.488 e. The molecule has 0 spiro atoms. The summed E-state index contributed by atoms with van der Waals surface area (Å²) in [4.78, 5) is 10.7. The van der Waals surface area contributed by atoms with E-state index >= 15 is 0 Å². The molecule has 1 saturated carbocycles. The van der Waals surface area contributed by atoms with E-state index in [1.165, 1.54) is 19.3 Å². The molecule has 1 aromatic carbocycles. The number of carbonyl (C=O) groups is 1. The molecule has 0 amide bonds. The molecule has 2 rings (SSSR count). The summed E-state index contributed by atoms with van der Waals surface area (Å²) in [6.45, 7) is 2.14. The van der Waals surface area contributed by atoms with Gasteiger partial charge in [0.15, 0.2) is 0 Å². The van der Waals surface area contributed by atoms with Gasteiger partial charge in [0.1, 0.15) is 11.4 Å². The van der Waals surface area contributed by atoms with Crippen molar-refractivity contribution in [2.24, 2.45) is 0 Å². The molecule has 1 aliphatic carbocycles. The predicted molar refractivity (Wildman–Crippen MR) is 65.5 cm³/mol. The van der Waals surface area contributed by atoms with Gasteiger partial charge in [-0.1, -0.05) is 6.42 Å². The first-order valence-electron chi connectivity index (χ1n) is 6.11. The van der Waals surface area contributed by atoms with Crippen LogP contribution in [0.4, 0.5) is 0 Å². The Bertz CT molecular complexity index is 388. The van der Waals surface area contributed by atoms with Gasteiger partial charge in [-0.3, -0.25) is 0 Å². The lowest BCUT2D eigenvalue weighted by atomic mass is 9.86. The first-order chi connectivity index (χ1) is 8.09. The average Bonchev–Trinajstić information content (AvgIpc) is 2.30. The van der Waals surface area contributed by atoms with E-state index in [9.17, 15) is 4.79 Å². The van der Waals surface area contributed by atoms with Gasteiger partial charge in [-0.05, 0) is 56.9 Å². The SMILES string of the molecule is CC1(Oc2ccc(C(=O)O)cc2)CCCCC1. The summed E-state index contributed by atoms with van der Waals surface area (Å²) < 4.78 is 5.98. The van der Waals surface area contributed by atoms with E-state index in [0.29, 0.717) is 5.56 Å². The Balaban J connectivity index is 2.05. The molecule has 0 unspecified atom stereocenters. The smallest absolute Gasteiger partial charge is 0.335 e. The van der Waals surface area contributed by atoms with Crippen LogP contribution in [0.3, 0.4) is 0 Å². The number of carboxylic acid groups (broad SMARTS) is 1. The number of aromatic carboxylic acids is 1. The summed E-state index contributed by atoms with van der Waals surface area (Å²) in [5.41, 5.74) is 0.217. The third-order valence-electron chi connectivity index (χ3n) is 3.38. The van der Waals surface area contributed by atoms with E-state index in [1.54, 1.807) is 24.3 Å². The molecule has 1 aromatic rings. The minimum atomic E-state index is -0.902. The lowest BCUT2D eigenvalue weighted by Crippen LogP contribution is -2.34. The zero-order valence-corrected chi connectivity index (χ0v) is 10.1. The number of hydrogen-bond acceptors (Lipinski definition) is 2. The fourth-order valence-electron chi connectivity index (χ4n) is 2.35. The molecule has 0 atom stereocenters. The minimum absolute atomic E-state index is 0.0804. The van der Waals surface area contributed by atoms with Crippen LogP contribution in [0.1, 0.15) is 49.4 Å². The zero-order valence-electron chi connectivity index (χ0n) is 10.1. The van der Waals surface area contributed by atoms with Gasteiger partial charge in [-0.2, -0.15) is 0 Å². The molecule has 92 valence electrons. The van der Waals surface area contributed by atoms with Gasteiger partial charge in [0, 0.05) is 0 Å². The highest BCUT2D eigenvalue weighted by molar-refractivity contribution is 5.87. The summed E-state index contributed by atoms with van der Waals surface area (Å²) in [7, 11) is 0. The van der Waals surface area contributed by atoms with Crippen LogP contribution in [-0.4, -0.2) is 16.7 Å². The van der Waals surface area contributed by atoms with Crippen LogP contribution < -0.4 is 4.74 Å². The first-order valence-corrected chi connectivity index (χ1v) is 6.11. The van der Waals surface area contributed by atoms with Crippen molar-refractivity contribution >= 4 is 5.97 Å². The van der Waals surface area contributed by atoms with Gasteiger partial charge in [0.05, 0.1) is 5.56 Å². The van der Waals surface area contributed by atoms with Gasteiger partial charge in [-0.25, -0.2) is 4.79 Å². The normalized spacial score (nSPS) is 18.6. The van der Waals surface area contributed by atoms with Crippen LogP contribution in [0, 0.1) is 0 Å². The molecule has 3 heteroatoms. The fraction of sp³-hybridized carbons (Fsp3) is 0.500. The Labute approximate surface area is 101 Å². The number of hydrogen-bond donors (Lipinski definition) is 1. The Hall–Kier alpha value is -1.51. The van der Waals surface area contributed by atoms with Gasteiger partial charge in [0.25, 0.3) is 0 Å². The van der Waals surface area contributed by atoms with Gasteiger partial charge in [-0.15, -0.1) is 0 Å². The third-order valence-corrected chi connectivity index (χ3v) is 3.38. The average molecular weight is 234 g/mol. The van der Waals surface area contributed by atoms with Crippen molar-refractivity contribution in [1.29, 1.82) is 0 Å². The van der Waals surface area contributed by atoms with E-state index in [0.717, 1.165) is 18.6 Å². The Morgan fingerprint density at radius 2 is 1.76 bits per heavy atom. The number of benzene rings is 1. The summed E-state index contributed by atoms with van der Waals surface area (Å²) in [6.07, 6.45) is 5.87. The van der Waals surface area contributed by atoms with Crippen LogP contribution >= 0.6 is 0 Å². The molecule has 0 radical (unpaired) electrons. The second-order valence-corrected chi connectivity index (χ2v) is 4.94. The molecule has 17 heavy (non-hydrogen) atoms. The zero-order chi connectivity index (χ0) is 12.3. The summed E-state index contributed by atoms with van der Waals surface area (Å²) in [6, 6.07) is 6.65. The van der Waals surface area contributed by atoms with Crippen molar-refractivity contribution in [2.45, 2.75) is 44.6 Å². The molecule has 0 bridgehead atoms. The monoisotopic (exact) mass is 234 g/mol. The highest BCUT2D eigenvalue weighted by atomic mass is 16.5. The van der Waals surface area contributed by atoms with Crippen LogP contribution in [0.2, 0.25) is 0 Å². The lowest BCUT2D eigenvalue weighted by molar-refractivity contribution is 0.0487. The van der Waals surface area contributed by atoms with Gasteiger partial charge < -0.3 is 9.84 Å². The first kappa shape index (κ1) is 12.0. The number of carboxylic acids is 1. The third kappa shape index (κ3) is 2.99. The van der Waals surface area contributed by atoms with Gasteiger partial charge in [0.2, 0.25) is 0 Å². The molecule has 1 aliphatic rings. The molecule has 1 fully saturated rings. The quantitative estimate of drug-likeness (QED) is 0.870. The largest absolute Gasteiger partial charge is 0.488 e. The van der Waals surface area contributed by atoms with E-state index < -0.39 is 5.97 Å². The molecule has 0 heterocycles. The van der Waals surface area contributed by atoms with E-state index in [1.807, 2.05) is 0 Å². The highest BCUT2D eigenvalue weighted by Gasteiger charge is 2.28. The van der Waals surface area contributed by atoms with E-state index in [4.69, 9.17) is 9.84 Å². The summed E-state index contributed by atoms with van der Waals surface area (Å²) in [5.74, 6) is -0.139. The van der Waals surface area contributed by atoms with E-state index in [-0.39, 0.29) is 5.60 Å². The molecule has 1 N–H and O–H groups in total. The number of rotatable bonds is 3. The van der Waals surface area contributed by atoms with Crippen molar-refractivity contribution < 1.29 is 14.6 Å². The predicted octanol–water partition coefficient (Wildman–Crippen LogP) is 3.49. The number of ether oxygens (including phenoxy) is 1. The van der Waals surface area contributed by atoms with Crippen molar-refractivity contribution in [3.05, 3.63) is 29.8 Å². The molecular formula is C14H18O3. The van der Waals surface area contributed by atoms with E-state index in [2.05, 4.69) is 6.92 Å². The molecule has 0 saturated heterocycles. The van der Waals surface area contributed by atoms with Crippen LogP contribution in [0.5, 0.6) is 5.75 Å². The maximum atomic E-state index is 10.7. The van der Waals surface area contributed by atoms with Crippen molar-refractivity contribution in [3.63, 3.8) is 0 Å². The maximum Gasteiger partial charge on any atom is 0.335 e. The Morgan fingerprint density at radius 1 is 1.18 bits per heavy atom. The van der Waals surface area contributed by atoms with Crippen LogP contribution in [0.25, 0.3) is 0 Å². The van der Waals surface area contributed by atoms with Crippen molar-refractivity contribution in [3.8, 4) is 5.75 Å². The Morgan fingerprint density at radius 3 is 2.29 bits per heavy atom. The molecular weight excluding hydrogens is 216 g/mol. The molecule has 3 nitrogen and oxygen atoms in total. The van der Waals surface area contributed by atoms with Crippen LogP contribution in [-0.2, 0) is 0 Å². The second kappa shape index (κ2) is 4.78. The Kier molecular flexibility index (Phi) is 3.36. The maximum absolute atomic E-state index is 10.7. The van der Waals surface area contributed by atoms with Gasteiger partial charge >= 0.3 is 5.97 Å². The molecule has 0 aliphatic heterocycles. The standard InChI is InChI=1S/C14H18O3/c1-14(9-3-2-4-10-14)17-12-7-5-11(6-8-12)13(15)16/h5-8H,2-4,9-10H2,1H3,(H,15,16). The van der Waals surface area contributed by atoms with Crippen molar-refractivity contribution in [2.75, 3.05) is 0 Å². The topological polar surface area (TPSA) is 46.5 Å².